The van der Waals surface area contributed by atoms with Crippen LogP contribution < -0.4 is 10.2 Å². The van der Waals surface area contributed by atoms with Gasteiger partial charge in [0.15, 0.2) is 4.96 Å². The maximum absolute atomic E-state index is 5.40. The molecular weight excluding hydrogens is 272 g/mol. The van der Waals surface area contributed by atoms with Crippen molar-refractivity contribution in [3.8, 4) is 5.88 Å². The smallest absolute Gasteiger partial charge is 0.237 e. The maximum atomic E-state index is 5.40. The molecule has 0 spiro atoms. The standard InChI is InChI=1S/C14H22N4OS/c1-10-5-4-6-11(2)18(10)15-9-12-13(19-3)16-14-17(12)7-8-20-14/h7-8,10-11,15H,4-6,9H2,1-3H3. The van der Waals surface area contributed by atoms with Crippen molar-refractivity contribution in [2.45, 2.75) is 51.7 Å². The number of rotatable bonds is 4. The summed E-state index contributed by atoms with van der Waals surface area (Å²) in [6, 6.07) is 1.16. The number of methoxy groups -OCH3 is 1. The lowest BCUT2D eigenvalue weighted by molar-refractivity contribution is 0.0427. The molecule has 1 aliphatic rings. The van der Waals surface area contributed by atoms with Crippen molar-refractivity contribution >= 4 is 16.3 Å². The van der Waals surface area contributed by atoms with Gasteiger partial charge in [-0.1, -0.05) is 6.42 Å². The van der Waals surface area contributed by atoms with Crippen LogP contribution in [0.3, 0.4) is 0 Å². The van der Waals surface area contributed by atoms with Crippen LogP contribution in [0.4, 0.5) is 0 Å². The lowest BCUT2D eigenvalue weighted by atomic mass is 10.00. The molecule has 0 saturated carbocycles. The number of aromatic nitrogens is 2. The summed E-state index contributed by atoms with van der Waals surface area (Å²) < 4.78 is 7.51. The molecule has 2 aromatic rings. The van der Waals surface area contributed by atoms with E-state index in [1.54, 1.807) is 18.4 Å². The molecule has 0 bridgehead atoms. The van der Waals surface area contributed by atoms with Gasteiger partial charge in [-0.15, -0.1) is 11.3 Å². The molecule has 2 atom stereocenters. The van der Waals surface area contributed by atoms with Crippen LogP contribution in [0.25, 0.3) is 4.96 Å². The summed E-state index contributed by atoms with van der Waals surface area (Å²) in [4.78, 5) is 5.48. The van der Waals surface area contributed by atoms with E-state index in [0.717, 1.165) is 23.1 Å². The highest BCUT2D eigenvalue weighted by atomic mass is 32.1. The number of hydrazine groups is 1. The molecule has 0 radical (unpaired) electrons. The first-order valence-electron chi connectivity index (χ1n) is 7.21. The number of imidazole rings is 1. The van der Waals surface area contributed by atoms with Crippen molar-refractivity contribution in [3.05, 3.63) is 17.3 Å². The molecule has 0 amide bonds. The van der Waals surface area contributed by atoms with E-state index in [-0.39, 0.29) is 0 Å². The minimum Gasteiger partial charge on any atom is -0.480 e. The molecule has 1 N–H and O–H groups in total. The molecule has 2 unspecified atom stereocenters. The van der Waals surface area contributed by atoms with Crippen LogP contribution in [0.15, 0.2) is 11.6 Å². The second-order valence-electron chi connectivity index (χ2n) is 5.49. The zero-order valence-corrected chi connectivity index (χ0v) is 13.1. The highest BCUT2D eigenvalue weighted by molar-refractivity contribution is 7.15. The molecular formula is C14H22N4OS. The Hall–Kier alpha value is -1.11. The maximum Gasteiger partial charge on any atom is 0.237 e. The Morgan fingerprint density at radius 2 is 2.15 bits per heavy atom. The largest absolute Gasteiger partial charge is 0.480 e. The van der Waals surface area contributed by atoms with Crippen LogP contribution in [0.5, 0.6) is 5.88 Å². The topological polar surface area (TPSA) is 41.8 Å². The van der Waals surface area contributed by atoms with Crippen molar-refractivity contribution in [2.75, 3.05) is 7.11 Å². The van der Waals surface area contributed by atoms with E-state index < -0.39 is 0 Å². The number of fused-ring (bicyclic) bond motifs is 1. The third-order valence-electron chi connectivity index (χ3n) is 4.14. The summed E-state index contributed by atoms with van der Waals surface area (Å²) >= 11 is 1.63. The fraction of sp³-hybridized carbons (Fsp3) is 0.643. The van der Waals surface area contributed by atoms with Crippen LogP contribution in [-0.2, 0) is 6.54 Å². The SMILES string of the molecule is COc1nc2sccn2c1CNN1C(C)CCCC1C. The van der Waals surface area contributed by atoms with Crippen molar-refractivity contribution in [1.82, 2.24) is 19.8 Å². The van der Waals surface area contributed by atoms with Gasteiger partial charge in [0.25, 0.3) is 0 Å². The Morgan fingerprint density at radius 3 is 2.85 bits per heavy atom. The molecule has 20 heavy (non-hydrogen) atoms. The van der Waals surface area contributed by atoms with Crippen LogP contribution in [-0.4, -0.2) is 33.6 Å². The van der Waals surface area contributed by atoms with E-state index in [9.17, 15) is 0 Å². The second kappa shape index (κ2) is 5.71. The van der Waals surface area contributed by atoms with E-state index in [4.69, 9.17) is 4.74 Å². The van der Waals surface area contributed by atoms with Gasteiger partial charge in [0.2, 0.25) is 5.88 Å². The average Bonchev–Trinajstić information content (AvgIpc) is 2.99. The Morgan fingerprint density at radius 1 is 1.40 bits per heavy atom. The molecule has 5 nitrogen and oxygen atoms in total. The van der Waals surface area contributed by atoms with Gasteiger partial charge in [-0.3, -0.25) is 4.40 Å². The van der Waals surface area contributed by atoms with Crippen LogP contribution in [0, 0.1) is 0 Å². The molecule has 110 valence electrons. The van der Waals surface area contributed by atoms with E-state index in [2.05, 4.69) is 45.2 Å². The molecule has 1 fully saturated rings. The average molecular weight is 294 g/mol. The third kappa shape index (κ3) is 2.43. The van der Waals surface area contributed by atoms with E-state index >= 15 is 0 Å². The first-order valence-corrected chi connectivity index (χ1v) is 8.09. The summed E-state index contributed by atoms with van der Waals surface area (Å²) in [6.45, 7) is 5.32. The minimum absolute atomic E-state index is 0.579. The number of piperidine rings is 1. The summed E-state index contributed by atoms with van der Waals surface area (Å²) in [5, 5.41) is 4.44. The van der Waals surface area contributed by atoms with Crippen molar-refractivity contribution in [3.63, 3.8) is 0 Å². The minimum atomic E-state index is 0.579. The van der Waals surface area contributed by atoms with Crippen molar-refractivity contribution in [2.24, 2.45) is 0 Å². The summed E-state index contributed by atoms with van der Waals surface area (Å²) in [5.74, 6) is 0.724. The molecule has 3 rings (SSSR count). The Balaban J connectivity index is 1.77. The van der Waals surface area contributed by atoms with E-state index in [1.165, 1.54) is 19.3 Å². The van der Waals surface area contributed by atoms with Crippen molar-refractivity contribution in [1.29, 1.82) is 0 Å². The molecule has 3 heterocycles. The van der Waals surface area contributed by atoms with Gasteiger partial charge in [0.05, 0.1) is 13.7 Å². The second-order valence-corrected chi connectivity index (χ2v) is 6.37. The predicted molar refractivity (Wildman–Crippen MR) is 81.1 cm³/mol. The van der Waals surface area contributed by atoms with Crippen molar-refractivity contribution < 1.29 is 4.74 Å². The highest BCUT2D eigenvalue weighted by Crippen LogP contribution is 2.24. The van der Waals surface area contributed by atoms with Gasteiger partial charge in [0.1, 0.15) is 5.69 Å². The molecule has 1 saturated heterocycles. The van der Waals surface area contributed by atoms with Gasteiger partial charge >= 0.3 is 0 Å². The molecule has 2 aromatic heterocycles. The monoisotopic (exact) mass is 294 g/mol. The number of hydrogen-bond acceptors (Lipinski definition) is 5. The normalized spacial score (nSPS) is 24.4. The molecule has 1 aliphatic heterocycles. The van der Waals surface area contributed by atoms with Crippen LogP contribution in [0.2, 0.25) is 0 Å². The molecule has 0 aliphatic carbocycles. The van der Waals surface area contributed by atoms with Gasteiger partial charge in [-0.05, 0) is 26.7 Å². The highest BCUT2D eigenvalue weighted by Gasteiger charge is 2.25. The third-order valence-corrected chi connectivity index (χ3v) is 4.90. The quantitative estimate of drug-likeness (QED) is 0.941. The molecule has 0 aromatic carbocycles. The van der Waals surface area contributed by atoms with Gasteiger partial charge in [-0.2, -0.15) is 4.98 Å². The number of thiazole rings is 1. The first kappa shape index (κ1) is 13.9. The Kier molecular flexibility index (Phi) is 3.96. The van der Waals surface area contributed by atoms with Gasteiger partial charge in [0, 0.05) is 23.7 Å². The number of nitrogens with zero attached hydrogens (tertiary/aromatic N) is 3. The van der Waals surface area contributed by atoms with E-state index in [0.29, 0.717) is 12.1 Å². The van der Waals surface area contributed by atoms with Gasteiger partial charge in [-0.25, -0.2) is 10.4 Å². The van der Waals surface area contributed by atoms with Crippen LogP contribution >= 0.6 is 11.3 Å². The Bertz CT molecular complexity index is 569. The van der Waals surface area contributed by atoms with Gasteiger partial charge < -0.3 is 4.74 Å². The van der Waals surface area contributed by atoms with Crippen LogP contribution in [0.1, 0.15) is 38.8 Å². The summed E-state index contributed by atoms with van der Waals surface area (Å²) in [5.41, 5.74) is 4.67. The summed E-state index contributed by atoms with van der Waals surface area (Å²) in [6.07, 6.45) is 5.89. The fourth-order valence-corrected chi connectivity index (χ4v) is 3.76. The zero-order valence-electron chi connectivity index (χ0n) is 12.3. The fourth-order valence-electron chi connectivity index (χ4n) is 3.04. The lowest BCUT2D eigenvalue weighted by Gasteiger charge is -2.39. The van der Waals surface area contributed by atoms with E-state index in [1.807, 2.05) is 0 Å². The Labute approximate surface area is 123 Å². The zero-order chi connectivity index (χ0) is 14.1. The predicted octanol–water partition coefficient (Wildman–Crippen LogP) is 2.67. The molecule has 6 heteroatoms. The lowest BCUT2D eigenvalue weighted by Crippen LogP contribution is -2.51. The number of ether oxygens (including phenoxy) is 1. The number of hydrogen-bond donors (Lipinski definition) is 1. The summed E-state index contributed by atoms with van der Waals surface area (Å²) in [7, 11) is 1.68. The first-order chi connectivity index (χ1) is 9.70. The number of nitrogens with one attached hydrogen (secondary N) is 1.